The van der Waals surface area contributed by atoms with Gasteiger partial charge in [0.25, 0.3) is 0 Å². The number of para-hydroxylation sites is 1. The highest BCUT2D eigenvalue weighted by atomic mass is 15.2. The number of aromatic nitrogens is 2. The summed E-state index contributed by atoms with van der Waals surface area (Å²) >= 11 is 0. The molecule has 0 fully saturated rings. The van der Waals surface area contributed by atoms with E-state index in [2.05, 4.69) is 199 Å². The molecule has 0 bridgehead atoms. The van der Waals surface area contributed by atoms with Crippen molar-refractivity contribution < 1.29 is 0 Å². The molecule has 3 nitrogen and oxygen atoms in total. The van der Waals surface area contributed by atoms with Gasteiger partial charge >= 0.3 is 0 Å². The van der Waals surface area contributed by atoms with Crippen molar-refractivity contribution in [1.29, 1.82) is 0 Å². The molecule has 0 amide bonds. The van der Waals surface area contributed by atoms with Gasteiger partial charge in [-0.05, 0) is 117 Å². The van der Waals surface area contributed by atoms with Gasteiger partial charge in [0.1, 0.15) is 0 Å². The summed E-state index contributed by atoms with van der Waals surface area (Å²) < 4.78 is 2.42. The van der Waals surface area contributed by atoms with Crippen LogP contribution < -0.4 is 4.90 Å². The lowest BCUT2D eigenvalue weighted by molar-refractivity contribution is 0.660. The van der Waals surface area contributed by atoms with Crippen LogP contribution >= 0.6 is 0 Å². The average molecular weight is 728 g/mol. The molecule has 1 aliphatic heterocycles. The van der Waals surface area contributed by atoms with Crippen molar-refractivity contribution in [1.82, 2.24) is 9.55 Å². The monoisotopic (exact) mass is 727 g/mol. The number of nitrogens with zero attached hydrogens (tertiary/aromatic N) is 3. The first-order chi connectivity index (χ1) is 28.0. The van der Waals surface area contributed by atoms with Crippen molar-refractivity contribution in [2.45, 2.75) is 19.3 Å². The molecule has 2 aliphatic rings. The quantitative estimate of drug-likeness (QED) is 0.180. The molecule has 268 valence electrons. The minimum Gasteiger partial charge on any atom is -0.309 e. The first kappa shape index (κ1) is 32.1. The maximum Gasteiger partial charge on any atom is 0.0702 e. The van der Waals surface area contributed by atoms with Crippen molar-refractivity contribution in [3.05, 3.63) is 199 Å². The summed E-state index contributed by atoms with van der Waals surface area (Å²) in [5.74, 6) is 0. The number of rotatable bonds is 4. The largest absolute Gasteiger partial charge is 0.309 e. The zero-order chi connectivity index (χ0) is 37.8. The van der Waals surface area contributed by atoms with Gasteiger partial charge in [0.15, 0.2) is 0 Å². The Hall–Kier alpha value is -7.23. The van der Waals surface area contributed by atoms with Gasteiger partial charge in [0, 0.05) is 50.3 Å². The van der Waals surface area contributed by atoms with Crippen molar-refractivity contribution >= 4 is 49.6 Å². The molecule has 1 aliphatic carbocycles. The van der Waals surface area contributed by atoms with E-state index in [9.17, 15) is 0 Å². The summed E-state index contributed by atoms with van der Waals surface area (Å²) in [5, 5.41) is 4.94. The molecule has 0 N–H and O–H groups in total. The van der Waals surface area contributed by atoms with E-state index in [1.165, 1.54) is 88.5 Å². The third-order valence-electron chi connectivity index (χ3n) is 12.5. The standard InChI is InChI=1S/C54H37N3/c1-54(2)46-21-7-6-19-40(46)42-30-36(24-26-47(42)54)35-15-10-18-39(29-35)57-50-23-12-14-34-13-11-20-41(53(34)50)44-32-45-43-31-37(48-22-8-9-28-55-48)25-27-49(43)56(52(45)33-51(44)57)38-16-4-3-5-17-38/h3-33H,1-2H3. The summed E-state index contributed by atoms with van der Waals surface area (Å²) in [5.41, 5.74) is 19.4. The molecular weight excluding hydrogens is 691 g/mol. The van der Waals surface area contributed by atoms with Crippen LogP contribution in [0.15, 0.2) is 188 Å². The second kappa shape index (κ2) is 11.9. The Morgan fingerprint density at radius 1 is 0.439 bits per heavy atom. The summed E-state index contributed by atoms with van der Waals surface area (Å²) in [4.78, 5) is 7.21. The average Bonchev–Trinajstić information content (AvgIpc) is 3.70. The van der Waals surface area contributed by atoms with Gasteiger partial charge in [-0.1, -0.05) is 123 Å². The van der Waals surface area contributed by atoms with Crippen LogP contribution in [0.2, 0.25) is 0 Å². The molecule has 3 heteroatoms. The van der Waals surface area contributed by atoms with Crippen molar-refractivity contribution in [2.75, 3.05) is 4.90 Å². The second-order valence-electron chi connectivity index (χ2n) is 16.0. The predicted molar refractivity (Wildman–Crippen MR) is 238 cm³/mol. The highest BCUT2D eigenvalue weighted by molar-refractivity contribution is 6.19. The number of benzene rings is 8. The van der Waals surface area contributed by atoms with Crippen LogP contribution in [0.4, 0.5) is 17.1 Å². The van der Waals surface area contributed by atoms with Gasteiger partial charge in [0.05, 0.1) is 28.1 Å². The van der Waals surface area contributed by atoms with Gasteiger partial charge in [-0.25, -0.2) is 0 Å². The van der Waals surface area contributed by atoms with Crippen LogP contribution in [0.1, 0.15) is 25.0 Å². The van der Waals surface area contributed by atoms with Gasteiger partial charge in [-0.2, -0.15) is 0 Å². The summed E-state index contributed by atoms with van der Waals surface area (Å²) in [6.45, 7) is 4.69. The smallest absolute Gasteiger partial charge is 0.0702 e. The van der Waals surface area contributed by atoms with Crippen LogP contribution in [-0.4, -0.2) is 9.55 Å². The fourth-order valence-corrected chi connectivity index (χ4v) is 9.87. The summed E-state index contributed by atoms with van der Waals surface area (Å²) in [7, 11) is 0. The topological polar surface area (TPSA) is 21.1 Å². The van der Waals surface area contributed by atoms with Crippen molar-refractivity contribution in [3.63, 3.8) is 0 Å². The van der Waals surface area contributed by atoms with Crippen LogP contribution in [-0.2, 0) is 5.41 Å². The summed E-state index contributed by atoms with van der Waals surface area (Å²) in [6, 6.07) is 67.1. The zero-order valence-corrected chi connectivity index (χ0v) is 31.7. The Balaban J connectivity index is 1.11. The van der Waals surface area contributed by atoms with Crippen molar-refractivity contribution in [2.24, 2.45) is 0 Å². The highest BCUT2D eigenvalue weighted by Crippen LogP contribution is 2.54. The van der Waals surface area contributed by atoms with Gasteiger partial charge in [-0.3, -0.25) is 4.98 Å². The Morgan fingerprint density at radius 3 is 2.04 bits per heavy atom. The van der Waals surface area contributed by atoms with Gasteiger partial charge < -0.3 is 9.47 Å². The SMILES string of the molecule is CC1(C)c2ccccc2-c2cc(-c3cccc(N4c5cc6c(cc5-c5cccc7cccc4c57)c4cc(-c5ccccn5)ccc4n6-c4ccccc4)c3)ccc21. The number of anilines is 3. The molecular formula is C54H37N3. The Kier molecular flexibility index (Phi) is 6.68. The molecule has 3 heterocycles. The zero-order valence-electron chi connectivity index (χ0n) is 31.7. The maximum atomic E-state index is 4.71. The fraction of sp³-hybridized carbons (Fsp3) is 0.0556. The van der Waals surface area contributed by atoms with E-state index >= 15 is 0 Å². The van der Waals surface area contributed by atoms with Crippen LogP contribution in [0.5, 0.6) is 0 Å². The first-order valence-electron chi connectivity index (χ1n) is 19.8. The lowest BCUT2D eigenvalue weighted by atomic mass is 9.82. The Morgan fingerprint density at radius 2 is 1.16 bits per heavy atom. The third kappa shape index (κ3) is 4.63. The van der Waals surface area contributed by atoms with E-state index < -0.39 is 0 Å². The molecule has 2 aromatic heterocycles. The normalized spacial score (nSPS) is 13.5. The minimum absolute atomic E-state index is 0.0244. The van der Waals surface area contributed by atoms with E-state index in [0.29, 0.717) is 0 Å². The third-order valence-corrected chi connectivity index (χ3v) is 12.5. The number of pyridine rings is 1. The lowest BCUT2D eigenvalue weighted by Crippen LogP contribution is -2.15. The number of hydrogen-bond acceptors (Lipinski definition) is 2. The molecule has 0 unspecified atom stereocenters. The fourth-order valence-electron chi connectivity index (χ4n) is 9.87. The lowest BCUT2D eigenvalue weighted by Gasteiger charge is -2.34. The molecule has 8 aromatic carbocycles. The van der Waals surface area contributed by atoms with E-state index in [-0.39, 0.29) is 5.41 Å². The molecule has 0 atom stereocenters. The van der Waals surface area contributed by atoms with Crippen LogP contribution in [0.25, 0.3) is 82.9 Å². The van der Waals surface area contributed by atoms with Gasteiger partial charge in [-0.15, -0.1) is 0 Å². The molecule has 57 heavy (non-hydrogen) atoms. The van der Waals surface area contributed by atoms with E-state index in [0.717, 1.165) is 22.6 Å². The van der Waals surface area contributed by atoms with Crippen LogP contribution in [0, 0.1) is 0 Å². The van der Waals surface area contributed by atoms with E-state index in [1.807, 2.05) is 12.3 Å². The maximum absolute atomic E-state index is 4.71. The van der Waals surface area contributed by atoms with Crippen LogP contribution in [0.3, 0.4) is 0 Å². The van der Waals surface area contributed by atoms with Gasteiger partial charge in [0.2, 0.25) is 0 Å². The molecule has 0 saturated heterocycles. The second-order valence-corrected chi connectivity index (χ2v) is 16.0. The molecule has 0 radical (unpaired) electrons. The van der Waals surface area contributed by atoms with E-state index in [1.54, 1.807) is 0 Å². The number of fused-ring (bicyclic) bond motifs is 8. The Bertz CT molecular complexity index is 3260. The highest BCUT2D eigenvalue weighted by Gasteiger charge is 2.35. The predicted octanol–water partition coefficient (Wildman–Crippen LogP) is 14.4. The first-order valence-corrected chi connectivity index (χ1v) is 19.8. The molecule has 12 rings (SSSR count). The molecule has 0 spiro atoms. The molecule has 10 aromatic rings. The minimum atomic E-state index is -0.0244. The van der Waals surface area contributed by atoms with E-state index in [4.69, 9.17) is 4.98 Å². The molecule has 0 saturated carbocycles. The summed E-state index contributed by atoms with van der Waals surface area (Å²) in [6.07, 6.45) is 1.87. The Labute approximate surface area is 331 Å². The number of hydrogen-bond donors (Lipinski definition) is 0. The van der Waals surface area contributed by atoms with Crippen molar-refractivity contribution in [3.8, 4) is 50.3 Å².